The highest BCUT2D eigenvalue weighted by molar-refractivity contribution is 5.86. The normalized spacial score (nSPS) is 11.2. The Bertz CT molecular complexity index is 1300. The highest BCUT2D eigenvalue weighted by atomic mass is 16.5. The molecule has 0 bridgehead atoms. The summed E-state index contributed by atoms with van der Waals surface area (Å²) in [6.07, 6.45) is 4.06. The number of pyridine rings is 1. The van der Waals surface area contributed by atoms with E-state index >= 15 is 0 Å². The van der Waals surface area contributed by atoms with Gasteiger partial charge >= 0.3 is 0 Å². The Morgan fingerprint density at radius 2 is 1.57 bits per heavy atom. The Morgan fingerprint density at radius 1 is 0.767 bits per heavy atom. The zero-order chi connectivity index (χ0) is 20.3. The summed E-state index contributed by atoms with van der Waals surface area (Å²) in [4.78, 5) is 0. The lowest BCUT2D eigenvalue weighted by Gasteiger charge is -2.11. The van der Waals surface area contributed by atoms with Crippen LogP contribution in [0.15, 0.2) is 97.2 Å². The number of ether oxygens (including phenoxy) is 1. The van der Waals surface area contributed by atoms with Crippen LogP contribution in [0.3, 0.4) is 0 Å². The molecular weight excluding hydrogens is 366 g/mol. The van der Waals surface area contributed by atoms with Crippen molar-refractivity contribution in [3.63, 3.8) is 0 Å². The Hall–Kier alpha value is -3.52. The van der Waals surface area contributed by atoms with Crippen LogP contribution in [0.5, 0.6) is 5.75 Å². The fraction of sp³-hybridized carbons (Fsp3) is 0.143. The van der Waals surface area contributed by atoms with Crippen LogP contribution in [0.1, 0.15) is 29.3 Å². The molecule has 2 nitrogen and oxygen atoms in total. The van der Waals surface area contributed by atoms with Crippen molar-refractivity contribution in [3.05, 3.63) is 120 Å². The van der Waals surface area contributed by atoms with Gasteiger partial charge in [-0.05, 0) is 52.1 Å². The first kappa shape index (κ1) is 18.5. The smallest absolute Gasteiger partial charge is 0.143 e. The number of benzene rings is 3. The van der Waals surface area contributed by atoms with Gasteiger partial charge in [-0.15, -0.1) is 0 Å². The summed E-state index contributed by atoms with van der Waals surface area (Å²) in [6, 6.07) is 32.0. The first-order chi connectivity index (χ1) is 14.8. The van der Waals surface area contributed by atoms with Crippen LogP contribution in [0.25, 0.3) is 16.3 Å². The molecule has 0 saturated carbocycles. The van der Waals surface area contributed by atoms with Gasteiger partial charge in [0.15, 0.2) is 0 Å². The minimum atomic E-state index is 0.575. The van der Waals surface area contributed by atoms with Gasteiger partial charge in [-0.2, -0.15) is 0 Å². The van der Waals surface area contributed by atoms with Crippen LogP contribution < -0.4 is 4.74 Å². The van der Waals surface area contributed by atoms with Crippen LogP contribution in [0, 0.1) is 0 Å². The van der Waals surface area contributed by atoms with Crippen molar-refractivity contribution in [2.45, 2.75) is 26.4 Å². The maximum atomic E-state index is 6.22. The minimum absolute atomic E-state index is 0.575. The maximum Gasteiger partial charge on any atom is 0.143 e. The van der Waals surface area contributed by atoms with Gasteiger partial charge in [0, 0.05) is 18.3 Å². The van der Waals surface area contributed by atoms with E-state index < -0.39 is 0 Å². The third-order valence-corrected chi connectivity index (χ3v) is 5.82. The molecule has 3 aromatic carbocycles. The molecule has 0 N–H and O–H groups in total. The molecule has 30 heavy (non-hydrogen) atoms. The van der Waals surface area contributed by atoms with Crippen LogP contribution in [-0.4, -0.2) is 4.40 Å². The van der Waals surface area contributed by atoms with E-state index in [1.54, 1.807) is 0 Å². The predicted octanol–water partition coefficient (Wildman–Crippen LogP) is 6.82. The molecule has 0 saturated heterocycles. The molecule has 2 heterocycles. The number of fused-ring (bicyclic) bond motifs is 2. The number of nitrogens with zero attached hydrogens (tertiary/aromatic N) is 1. The quantitative estimate of drug-likeness (QED) is 0.309. The van der Waals surface area contributed by atoms with Crippen LogP contribution in [0.2, 0.25) is 0 Å². The van der Waals surface area contributed by atoms with Crippen molar-refractivity contribution in [2.24, 2.45) is 0 Å². The lowest BCUT2D eigenvalue weighted by atomic mass is 9.99. The van der Waals surface area contributed by atoms with Crippen molar-refractivity contribution in [2.75, 3.05) is 0 Å². The van der Waals surface area contributed by atoms with Crippen LogP contribution in [0.4, 0.5) is 0 Å². The molecule has 0 radical (unpaired) electrons. The zero-order valence-corrected chi connectivity index (χ0v) is 17.2. The molecule has 0 spiro atoms. The molecule has 0 aliphatic rings. The molecule has 148 valence electrons. The third-order valence-electron chi connectivity index (χ3n) is 5.82. The highest BCUT2D eigenvalue weighted by Gasteiger charge is 2.14. The van der Waals surface area contributed by atoms with E-state index in [9.17, 15) is 0 Å². The van der Waals surface area contributed by atoms with Gasteiger partial charge in [0.1, 0.15) is 12.4 Å². The van der Waals surface area contributed by atoms with Gasteiger partial charge in [-0.3, -0.25) is 0 Å². The Labute approximate surface area is 177 Å². The van der Waals surface area contributed by atoms with Crippen molar-refractivity contribution >= 4 is 16.3 Å². The minimum Gasteiger partial charge on any atom is -0.487 e. The Morgan fingerprint density at radius 3 is 2.43 bits per heavy atom. The fourth-order valence-electron chi connectivity index (χ4n) is 4.27. The summed E-state index contributed by atoms with van der Waals surface area (Å²) in [5.74, 6) is 0.931. The first-order valence-electron chi connectivity index (χ1n) is 10.6. The molecule has 0 amide bonds. The van der Waals surface area contributed by atoms with Crippen molar-refractivity contribution in [1.29, 1.82) is 0 Å². The van der Waals surface area contributed by atoms with Gasteiger partial charge in [0.25, 0.3) is 0 Å². The summed E-state index contributed by atoms with van der Waals surface area (Å²) in [5.41, 5.74) is 6.39. The summed E-state index contributed by atoms with van der Waals surface area (Å²) >= 11 is 0. The van der Waals surface area contributed by atoms with E-state index in [4.69, 9.17) is 4.74 Å². The molecule has 2 heteroatoms. The second kappa shape index (κ2) is 8.08. The van der Waals surface area contributed by atoms with Crippen LogP contribution >= 0.6 is 0 Å². The van der Waals surface area contributed by atoms with E-state index in [0.29, 0.717) is 6.61 Å². The van der Waals surface area contributed by atoms with E-state index in [-0.39, 0.29) is 0 Å². The van der Waals surface area contributed by atoms with Crippen molar-refractivity contribution in [1.82, 2.24) is 4.40 Å². The average Bonchev–Trinajstić information content (AvgIpc) is 3.17. The monoisotopic (exact) mass is 391 g/mol. The number of rotatable bonds is 6. The molecule has 5 rings (SSSR count). The van der Waals surface area contributed by atoms with E-state index in [2.05, 4.69) is 90.3 Å². The van der Waals surface area contributed by atoms with Crippen LogP contribution in [-0.2, 0) is 19.4 Å². The number of aryl methyl sites for hydroxylation is 1. The maximum absolute atomic E-state index is 6.22. The van der Waals surface area contributed by atoms with E-state index in [0.717, 1.165) is 24.1 Å². The largest absolute Gasteiger partial charge is 0.487 e. The molecular formula is C28H25NO. The lowest BCUT2D eigenvalue weighted by molar-refractivity contribution is 0.309. The van der Waals surface area contributed by atoms with Crippen molar-refractivity contribution in [3.8, 4) is 5.75 Å². The van der Waals surface area contributed by atoms with Gasteiger partial charge in [0.05, 0.1) is 5.52 Å². The predicted molar refractivity (Wildman–Crippen MR) is 124 cm³/mol. The molecule has 0 aliphatic heterocycles. The topological polar surface area (TPSA) is 13.6 Å². The Balaban J connectivity index is 1.54. The number of aromatic nitrogens is 1. The van der Waals surface area contributed by atoms with Gasteiger partial charge < -0.3 is 9.14 Å². The summed E-state index contributed by atoms with van der Waals surface area (Å²) in [7, 11) is 0. The standard InChI is InChI=1S/C28H25NO/c1-2-22-18-27-28(30-20-21-10-4-3-5-11-21)16-9-17-29(27)26(22)19-24-14-8-13-23-12-6-7-15-25(23)24/h3-18H,2,19-20H2,1H3. The van der Waals surface area contributed by atoms with E-state index in [1.807, 2.05) is 18.2 Å². The van der Waals surface area contributed by atoms with Gasteiger partial charge in [0.2, 0.25) is 0 Å². The second-order valence-corrected chi connectivity index (χ2v) is 7.69. The fourth-order valence-corrected chi connectivity index (χ4v) is 4.27. The third kappa shape index (κ3) is 3.46. The molecule has 2 aromatic heterocycles. The van der Waals surface area contributed by atoms with Gasteiger partial charge in [-0.25, -0.2) is 0 Å². The SMILES string of the molecule is CCc1cc2c(OCc3ccccc3)cccn2c1Cc1cccc2ccccc12. The Kier molecular flexibility index (Phi) is 4.98. The highest BCUT2D eigenvalue weighted by Crippen LogP contribution is 2.29. The molecule has 0 unspecified atom stereocenters. The molecule has 0 fully saturated rings. The summed E-state index contributed by atoms with van der Waals surface area (Å²) in [6.45, 7) is 2.80. The second-order valence-electron chi connectivity index (χ2n) is 7.69. The molecule has 0 aliphatic carbocycles. The molecule has 0 atom stereocenters. The summed E-state index contributed by atoms with van der Waals surface area (Å²) in [5, 5.41) is 2.62. The number of hydrogen-bond donors (Lipinski definition) is 0. The van der Waals surface area contributed by atoms with Crippen molar-refractivity contribution < 1.29 is 4.74 Å². The van der Waals surface area contributed by atoms with E-state index in [1.165, 1.54) is 33.2 Å². The lowest BCUT2D eigenvalue weighted by Crippen LogP contribution is -2.00. The van der Waals surface area contributed by atoms with Gasteiger partial charge in [-0.1, -0.05) is 79.7 Å². The molecule has 5 aromatic rings. The average molecular weight is 392 g/mol. The number of hydrogen-bond acceptors (Lipinski definition) is 1. The summed E-state index contributed by atoms with van der Waals surface area (Å²) < 4.78 is 8.52. The first-order valence-corrected chi connectivity index (χ1v) is 10.6. The zero-order valence-electron chi connectivity index (χ0n) is 17.2.